The molecule has 23 heavy (non-hydrogen) atoms. The molecule has 2 aliphatic heterocycles. The number of unbranched alkanes of at least 4 members (excludes halogenated alkanes) is 1. The predicted octanol–water partition coefficient (Wildman–Crippen LogP) is 3.03. The molecule has 1 aromatic carbocycles. The molecule has 6 heteroatoms. The molecular formula is C17H21ClN2O2S. The number of amides is 1. The van der Waals surface area contributed by atoms with E-state index in [1.165, 1.54) is 0 Å². The summed E-state index contributed by atoms with van der Waals surface area (Å²) in [6.45, 7) is 0.763. The van der Waals surface area contributed by atoms with E-state index < -0.39 is 0 Å². The fourth-order valence-electron chi connectivity index (χ4n) is 2.94. The second-order valence-electron chi connectivity index (χ2n) is 5.79. The Balaban J connectivity index is 1.65. The summed E-state index contributed by atoms with van der Waals surface area (Å²) < 4.78 is 5.06. The fraction of sp³-hybridized carbons (Fsp3) is 0.471. The van der Waals surface area contributed by atoms with E-state index >= 15 is 0 Å². The van der Waals surface area contributed by atoms with Crippen molar-refractivity contribution in [2.24, 2.45) is 0 Å². The first kappa shape index (κ1) is 16.8. The summed E-state index contributed by atoms with van der Waals surface area (Å²) in [5.74, 6) is 0.105. The minimum Gasteiger partial charge on any atom is -0.385 e. The highest BCUT2D eigenvalue weighted by Gasteiger charge is 2.40. The maximum Gasteiger partial charge on any atom is 0.236 e. The third-order valence-corrected chi connectivity index (χ3v) is 5.81. The van der Waals surface area contributed by atoms with Crippen molar-refractivity contribution in [3.05, 3.63) is 40.9 Å². The molecule has 0 saturated carbocycles. The summed E-state index contributed by atoms with van der Waals surface area (Å²) in [5.41, 5.74) is 1.000. The van der Waals surface area contributed by atoms with Crippen LogP contribution in [0, 0.1) is 0 Å². The Labute approximate surface area is 146 Å². The lowest BCUT2D eigenvalue weighted by Crippen LogP contribution is -2.61. The van der Waals surface area contributed by atoms with Crippen LogP contribution in [0.5, 0.6) is 0 Å². The predicted molar refractivity (Wildman–Crippen MR) is 95.4 cm³/mol. The topological polar surface area (TPSA) is 50.4 Å². The number of carbonyl (C=O) groups excluding carboxylic acids is 1. The number of methoxy groups -OCH3 is 1. The monoisotopic (exact) mass is 352 g/mol. The van der Waals surface area contributed by atoms with Crippen molar-refractivity contribution in [3.63, 3.8) is 0 Å². The Morgan fingerprint density at radius 2 is 2.13 bits per heavy atom. The Kier molecular flexibility index (Phi) is 5.64. The van der Waals surface area contributed by atoms with Gasteiger partial charge in [0.05, 0.1) is 6.17 Å². The SMILES string of the molecule is COCCCCC1NC(=O)C2SC(c3ccccc3Cl)=CC2N1. The second kappa shape index (κ2) is 7.71. The zero-order valence-electron chi connectivity index (χ0n) is 13.0. The Morgan fingerprint density at radius 3 is 2.91 bits per heavy atom. The smallest absolute Gasteiger partial charge is 0.236 e. The van der Waals surface area contributed by atoms with E-state index in [1.807, 2.05) is 24.3 Å². The Bertz CT molecular complexity index is 608. The quantitative estimate of drug-likeness (QED) is 0.773. The largest absolute Gasteiger partial charge is 0.385 e. The number of halogens is 1. The Hall–Kier alpha value is -1.01. The average molecular weight is 353 g/mol. The van der Waals surface area contributed by atoms with E-state index in [0.29, 0.717) is 0 Å². The minimum absolute atomic E-state index is 0.0306. The zero-order chi connectivity index (χ0) is 16.2. The summed E-state index contributed by atoms with van der Waals surface area (Å²) in [5, 5.41) is 7.21. The molecule has 3 atom stereocenters. The highest BCUT2D eigenvalue weighted by Crippen LogP contribution is 2.42. The number of benzene rings is 1. The van der Waals surface area contributed by atoms with E-state index in [1.54, 1.807) is 18.9 Å². The van der Waals surface area contributed by atoms with Gasteiger partial charge in [-0.15, -0.1) is 11.8 Å². The molecule has 1 amide bonds. The van der Waals surface area contributed by atoms with Crippen LogP contribution < -0.4 is 10.6 Å². The summed E-state index contributed by atoms with van der Waals surface area (Å²) >= 11 is 7.86. The number of hydrogen-bond acceptors (Lipinski definition) is 4. The van der Waals surface area contributed by atoms with Crippen LogP contribution in [0.15, 0.2) is 30.3 Å². The van der Waals surface area contributed by atoms with Crippen LogP contribution in [0.4, 0.5) is 0 Å². The van der Waals surface area contributed by atoms with Crippen LogP contribution >= 0.6 is 23.4 Å². The van der Waals surface area contributed by atoms with Crippen molar-refractivity contribution in [3.8, 4) is 0 Å². The van der Waals surface area contributed by atoms with Gasteiger partial charge in [-0.3, -0.25) is 10.1 Å². The maximum atomic E-state index is 12.4. The molecule has 0 bridgehead atoms. The molecule has 2 aliphatic rings. The highest BCUT2D eigenvalue weighted by molar-refractivity contribution is 8.09. The van der Waals surface area contributed by atoms with Crippen LogP contribution in [0.3, 0.4) is 0 Å². The molecule has 3 rings (SSSR count). The van der Waals surface area contributed by atoms with E-state index in [2.05, 4.69) is 16.7 Å². The lowest BCUT2D eigenvalue weighted by Gasteiger charge is -2.33. The highest BCUT2D eigenvalue weighted by atomic mass is 35.5. The van der Waals surface area contributed by atoms with Crippen molar-refractivity contribution < 1.29 is 9.53 Å². The van der Waals surface area contributed by atoms with Gasteiger partial charge in [-0.25, -0.2) is 0 Å². The van der Waals surface area contributed by atoms with E-state index in [-0.39, 0.29) is 23.4 Å². The second-order valence-corrected chi connectivity index (χ2v) is 7.38. The van der Waals surface area contributed by atoms with Crippen LogP contribution in [0.1, 0.15) is 24.8 Å². The van der Waals surface area contributed by atoms with Crippen molar-refractivity contribution >= 4 is 34.2 Å². The number of hydrogen-bond donors (Lipinski definition) is 2. The van der Waals surface area contributed by atoms with E-state index in [0.717, 1.165) is 41.4 Å². The van der Waals surface area contributed by atoms with Crippen LogP contribution in [0.2, 0.25) is 5.02 Å². The van der Waals surface area contributed by atoms with E-state index in [4.69, 9.17) is 16.3 Å². The van der Waals surface area contributed by atoms with Crippen LogP contribution in [-0.4, -0.2) is 37.1 Å². The first-order valence-corrected chi connectivity index (χ1v) is 9.13. The number of rotatable bonds is 6. The molecule has 2 heterocycles. The molecule has 124 valence electrons. The third-order valence-electron chi connectivity index (χ3n) is 4.11. The summed E-state index contributed by atoms with van der Waals surface area (Å²) in [7, 11) is 1.71. The van der Waals surface area contributed by atoms with Gasteiger partial charge >= 0.3 is 0 Å². The zero-order valence-corrected chi connectivity index (χ0v) is 14.6. The van der Waals surface area contributed by atoms with Gasteiger partial charge in [0, 0.05) is 35.2 Å². The first-order valence-electron chi connectivity index (χ1n) is 7.88. The Morgan fingerprint density at radius 1 is 1.30 bits per heavy atom. The van der Waals surface area contributed by atoms with Gasteiger partial charge in [-0.2, -0.15) is 0 Å². The van der Waals surface area contributed by atoms with Crippen molar-refractivity contribution in [2.75, 3.05) is 13.7 Å². The molecule has 3 unspecified atom stereocenters. The normalized spacial score (nSPS) is 26.6. The van der Waals surface area contributed by atoms with Gasteiger partial charge in [0.2, 0.25) is 5.91 Å². The van der Waals surface area contributed by atoms with Crippen LogP contribution in [-0.2, 0) is 9.53 Å². The number of ether oxygens (including phenoxy) is 1. The molecular weight excluding hydrogens is 332 g/mol. The summed E-state index contributed by atoms with van der Waals surface area (Å²) in [4.78, 5) is 13.5. The fourth-order valence-corrected chi connectivity index (χ4v) is 4.52. The van der Waals surface area contributed by atoms with Crippen molar-refractivity contribution in [1.82, 2.24) is 10.6 Å². The molecule has 0 radical (unpaired) electrons. The van der Waals surface area contributed by atoms with Gasteiger partial charge in [0.25, 0.3) is 0 Å². The van der Waals surface area contributed by atoms with Gasteiger partial charge < -0.3 is 10.1 Å². The molecule has 4 nitrogen and oxygen atoms in total. The summed E-state index contributed by atoms with van der Waals surface area (Å²) in [6, 6.07) is 7.83. The lowest BCUT2D eigenvalue weighted by molar-refractivity contribution is -0.123. The standard InChI is InChI=1S/C17H21ClN2O2S/c1-22-9-5-4-8-15-19-13-10-14(23-16(13)17(21)20-15)11-6-2-3-7-12(11)18/h2-3,6-7,10,13,15-16,19H,4-5,8-9H2,1H3,(H,20,21). The molecule has 1 saturated heterocycles. The van der Waals surface area contributed by atoms with Gasteiger partial charge in [0.15, 0.2) is 0 Å². The molecule has 0 aliphatic carbocycles. The number of nitrogens with one attached hydrogen (secondary N) is 2. The minimum atomic E-state index is -0.114. The molecule has 2 N–H and O–H groups in total. The van der Waals surface area contributed by atoms with Crippen LogP contribution in [0.25, 0.3) is 4.91 Å². The number of fused-ring (bicyclic) bond motifs is 1. The van der Waals surface area contributed by atoms with E-state index in [9.17, 15) is 4.79 Å². The molecule has 0 spiro atoms. The van der Waals surface area contributed by atoms with Gasteiger partial charge in [-0.1, -0.05) is 35.9 Å². The average Bonchev–Trinajstić information content (AvgIpc) is 2.96. The van der Waals surface area contributed by atoms with Gasteiger partial charge in [-0.05, 0) is 25.3 Å². The summed E-state index contributed by atoms with van der Waals surface area (Å²) in [6.07, 6.45) is 5.12. The molecule has 1 aromatic rings. The van der Waals surface area contributed by atoms with Crippen molar-refractivity contribution in [2.45, 2.75) is 36.7 Å². The maximum absolute atomic E-state index is 12.4. The van der Waals surface area contributed by atoms with Crippen molar-refractivity contribution in [1.29, 1.82) is 0 Å². The molecule has 1 fully saturated rings. The molecule has 0 aromatic heterocycles. The first-order chi connectivity index (χ1) is 11.2. The number of thioether (sulfide) groups is 1. The van der Waals surface area contributed by atoms with Gasteiger partial charge in [0.1, 0.15) is 5.25 Å². The third kappa shape index (κ3) is 3.91. The number of carbonyl (C=O) groups is 1. The lowest BCUT2D eigenvalue weighted by atomic mass is 10.1.